The van der Waals surface area contributed by atoms with Crippen LogP contribution in [0.3, 0.4) is 0 Å². The summed E-state index contributed by atoms with van der Waals surface area (Å²) in [7, 11) is 2.11. The number of aliphatic carboxylic acids is 1. The highest BCUT2D eigenvalue weighted by Gasteiger charge is 2.49. The average molecular weight is 472 g/mol. The number of carboxylic acid groups (broad SMARTS) is 1. The van der Waals surface area contributed by atoms with Gasteiger partial charge in [0, 0.05) is 12.1 Å². The first-order valence-electron chi connectivity index (χ1n) is 10.5. The van der Waals surface area contributed by atoms with E-state index in [4.69, 9.17) is 23.5 Å². The minimum atomic E-state index is -5.08. The van der Waals surface area contributed by atoms with Crippen LogP contribution in [0.1, 0.15) is 34.7 Å². The quantitative estimate of drug-likeness (QED) is 0.711. The molecule has 4 rings (SSSR count). The van der Waals surface area contributed by atoms with E-state index in [1.807, 2.05) is 30.0 Å². The second-order valence-corrected chi connectivity index (χ2v) is 8.57. The maximum atomic E-state index is 12.5. The van der Waals surface area contributed by atoms with Gasteiger partial charge in [0.2, 0.25) is 0 Å². The van der Waals surface area contributed by atoms with Crippen molar-refractivity contribution in [3.8, 4) is 0 Å². The molecule has 2 saturated heterocycles. The van der Waals surface area contributed by atoms with Crippen molar-refractivity contribution >= 4 is 11.9 Å². The minimum Gasteiger partial charge on any atom is -0.475 e. The number of carbonyl (C=O) groups excluding carboxylic acids is 1. The number of carbonyl (C=O) groups is 2. The first kappa shape index (κ1) is 24.8. The van der Waals surface area contributed by atoms with Crippen molar-refractivity contribution in [1.82, 2.24) is 9.80 Å². The zero-order chi connectivity index (χ0) is 24.2. The number of aryl methyl sites for hydroxylation is 1. The minimum absolute atomic E-state index is 0.0259. The second-order valence-electron chi connectivity index (χ2n) is 8.57. The number of ether oxygens (including phenoxy) is 1. The second kappa shape index (κ2) is 10.0. The standard InChI is InChI=1S/C20H26N2O4.C2HF3O2/c1-15-6-9-25-18(15)19(23)22-13-20(14-22)7-5-16(12-26-20)10-21(2)11-17-4-3-8-24-17;3-2(4,5)1(6)7/h3-4,6,8-9,16H,5,7,10-14H2,1-2H3;(H,6,7). The summed E-state index contributed by atoms with van der Waals surface area (Å²) in [5.74, 6) is -0.817. The van der Waals surface area contributed by atoms with Gasteiger partial charge in [-0.25, -0.2) is 4.79 Å². The van der Waals surface area contributed by atoms with Crippen LogP contribution in [-0.4, -0.2) is 71.8 Å². The topological polar surface area (TPSA) is 96.4 Å². The van der Waals surface area contributed by atoms with Gasteiger partial charge < -0.3 is 23.6 Å². The summed E-state index contributed by atoms with van der Waals surface area (Å²) in [5.41, 5.74) is 0.742. The zero-order valence-corrected chi connectivity index (χ0v) is 18.4. The lowest BCUT2D eigenvalue weighted by atomic mass is 9.82. The number of likely N-dealkylation sites (tertiary alicyclic amines) is 1. The molecule has 2 aliphatic rings. The van der Waals surface area contributed by atoms with Crippen LogP contribution in [0.2, 0.25) is 0 Å². The molecule has 2 fully saturated rings. The molecule has 0 saturated carbocycles. The van der Waals surface area contributed by atoms with Gasteiger partial charge in [-0.2, -0.15) is 13.2 Å². The number of alkyl halides is 3. The highest BCUT2D eigenvalue weighted by atomic mass is 19.4. The molecule has 1 spiro atoms. The van der Waals surface area contributed by atoms with E-state index in [9.17, 15) is 18.0 Å². The van der Waals surface area contributed by atoms with Crippen LogP contribution in [0, 0.1) is 12.8 Å². The van der Waals surface area contributed by atoms with Crippen molar-refractivity contribution in [3.63, 3.8) is 0 Å². The molecular formula is C22H27F3N2O6. The summed E-state index contributed by atoms with van der Waals surface area (Å²) in [6, 6.07) is 5.75. The van der Waals surface area contributed by atoms with Crippen LogP contribution in [-0.2, 0) is 16.1 Å². The van der Waals surface area contributed by atoms with Gasteiger partial charge in [-0.15, -0.1) is 0 Å². The van der Waals surface area contributed by atoms with E-state index in [1.165, 1.54) is 0 Å². The van der Waals surface area contributed by atoms with Crippen LogP contribution in [0.25, 0.3) is 0 Å². The van der Waals surface area contributed by atoms with Crippen molar-refractivity contribution in [2.45, 2.75) is 38.1 Å². The first-order valence-corrected chi connectivity index (χ1v) is 10.5. The molecule has 33 heavy (non-hydrogen) atoms. The number of hydrogen-bond donors (Lipinski definition) is 1. The summed E-state index contributed by atoms with van der Waals surface area (Å²) < 4.78 is 48.7. The molecule has 11 heteroatoms. The highest BCUT2D eigenvalue weighted by Crippen LogP contribution is 2.37. The van der Waals surface area contributed by atoms with E-state index >= 15 is 0 Å². The lowest BCUT2D eigenvalue weighted by Gasteiger charge is -2.52. The van der Waals surface area contributed by atoms with Crippen molar-refractivity contribution in [3.05, 3.63) is 47.8 Å². The Hall–Kier alpha value is -2.79. The Bertz CT molecular complexity index is 924. The Morgan fingerprint density at radius 2 is 1.94 bits per heavy atom. The number of amides is 1. The molecule has 1 N–H and O–H groups in total. The van der Waals surface area contributed by atoms with E-state index in [0.29, 0.717) is 24.8 Å². The monoisotopic (exact) mass is 472 g/mol. The third-order valence-electron chi connectivity index (χ3n) is 5.75. The number of nitrogens with zero attached hydrogens (tertiary/aromatic N) is 2. The first-order chi connectivity index (χ1) is 15.5. The maximum absolute atomic E-state index is 12.5. The molecule has 8 nitrogen and oxygen atoms in total. The summed E-state index contributed by atoms with van der Waals surface area (Å²) in [4.78, 5) is 25.5. The molecule has 0 radical (unpaired) electrons. The van der Waals surface area contributed by atoms with Gasteiger partial charge in [-0.3, -0.25) is 9.69 Å². The van der Waals surface area contributed by atoms with Crippen molar-refractivity contribution < 1.29 is 41.4 Å². The summed E-state index contributed by atoms with van der Waals surface area (Å²) in [5, 5.41) is 7.12. The van der Waals surface area contributed by atoms with Gasteiger partial charge >= 0.3 is 12.1 Å². The molecular weight excluding hydrogens is 445 g/mol. The predicted molar refractivity (Wildman–Crippen MR) is 109 cm³/mol. The zero-order valence-electron chi connectivity index (χ0n) is 18.4. The van der Waals surface area contributed by atoms with Gasteiger partial charge in [-0.05, 0) is 50.9 Å². The number of rotatable bonds is 5. The van der Waals surface area contributed by atoms with Gasteiger partial charge in [-0.1, -0.05) is 0 Å². The molecule has 182 valence electrons. The summed E-state index contributed by atoms with van der Waals surface area (Å²) in [6.07, 6.45) is 0.334. The van der Waals surface area contributed by atoms with E-state index in [0.717, 1.165) is 43.9 Å². The van der Waals surface area contributed by atoms with Crippen LogP contribution in [0.5, 0.6) is 0 Å². The molecule has 0 aromatic carbocycles. The van der Waals surface area contributed by atoms with Crippen molar-refractivity contribution in [2.75, 3.05) is 33.3 Å². The Morgan fingerprint density at radius 3 is 2.42 bits per heavy atom. The average Bonchev–Trinajstić information content (AvgIpc) is 3.37. The van der Waals surface area contributed by atoms with Crippen molar-refractivity contribution in [1.29, 1.82) is 0 Å². The number of furan rings is 2. The summed E-state index contributed by atoms with van der Waals surface area (Å²) in [6.45, 7) is 5.80. The Balaban J connectivity index is 0.000000383. The summed E-state index contributed by atoms with van der Waals surface area (Å²) >= 11 is 0. The van der Waals surface area contributed by atoms with E-state index < -0.39 is 12.1 Å². The molecule has 1 atom stereocenters. The molecule has 2 aromatic heterocycles. The van der Waals surface area contributed by atoms with Crippen LogP contribution >= 0.6 is 0 Å². The highest BCUT2D eigenvalue weighted by molar-refractivity contribution is 5.93. The van der Waals surface area contributed by atoms with Gasteiger partial charge in [0.05, 0.1) is 38.8 Å². The lowest BCUT2D eigenvalue weighted by molar-refractivity contribution is -0.192. The van der Waals surface area contributed by atoms with Crippen LogP contribution in [0.4, 0.5) is 13.2 Å². The Labute approximate surface area is 188 Å². The SMILES string of the molecule is Cc1ccoc1C(=O)N1CC2(CCC(CN(C)Cc3ccco3)CO2)C1.O=C(O)C(F)(F)F. The molecule has 2 aromatic rings. The fourth-order valence-corrected chi connectivity index (χ4v) is 4.01. The maximum Gasteiger partial charge on any atom is 0.490 e. The number of hydrogen-bond acceptors (Lipinski definition) is 6. The molecule has 0 bridgehead atoms. The largest absolute Gasteiger partial charge is 0.490 e. The fourth-order valence-electron chi connectivity index (χ4n) is 4.01. The van der Waals surface area contributed by atoms with E-state index in [-0.39, 0.29) is 11.5 Å². The van der Waals surface area contributed by atoms with E-state index in [2.05, 4.69) is 11.9 Å². The Kier molecular flexibility index (Phi) is 7.53. The van der Waals surface area contributed by atoms with Crippen molar-refractivity contribution in [2.24, 2.45) is 5.92 Å². The number of halogens is 3. The smallest absolute Gasteiger partial charge is 0.475 e. The molecule has 4 heterocycles. The molecule has 1 unspecified atom stereocenters. The van der Waals surface area contributed by atoms with Crippen LogP contribution < -0.4 is 0 Å². The predicted octanol–water partition coefficient (Wildman–Crippen LogP) is 3.57. The van der Waals surface area contributed by atoms with Gasteiger partial charge in [0.25, 0.3) is 5.91 Å². The third kappa shape index (κ3) is 6.38. The number of carboxylic acids is 1. The van der Waals surface area contributed by atoms with Crippen LogP contribution in [0.15, 0.2) is 39.6 Å². The molecule has 0 aliphatic carbocycles. The molecule has 2 aliphatic heterocycles. The van der Waals surface area contributed by atoms with Gasteiger partial charge in [0.1, 0.15) is 11.4 Å². The lowest BCUT2D eigenvalue weighted by Crippen LogP contribution is -2.66. The van der Waals surface area contributed by atoms with Gasteiger partial charge in [0.15, 0.2) is 5.76 Å². The van der Waals surface area contributed by atoms with E-state index in [1.54, 1.807) is 12.5 Å². The normalized spacial score (nSPS) is 19.7. The third-order valence-corrected chi connectivity index (χ3v) is 5.75. The Morgan fingerprint density at radius 1 is 1.24 bits per heavy atom. The molecule has 1 amide bonds. The fraction of sp³-hybridized carbons (Fsp3) is 0.545.